The Bertz CT molecular complexity index is 734. The van der Waals surface area contributed by atoms with Gasteiger partial charge >= 0.3 is 0 Å². The van der Waals surface area contributed by atoms with Gasteiger partial charge in [-0.2, -0.15) is 0 Å². The molecule has 0 spiro atoms. The molecule has 2 nitrogen and oxygen atoms in total. The molecule has 0 aliphatic heterocycles. The number of hydrogen-bond acceptors (Lipinski definition) is 4. The molecular formula is C15H14BrNOS2. The number of halogens is 1. The van der Waals surface area contributed by atoms with Crippen molar-refractivity contribution in [1.29, 1.82) is 0 Å². The number of rotatable bonds is 4. The fourth-order valence-electron chi connectivity index (χ4n) is 2.31. The van der Waals surface area contributed by atoms with Crippen LogP contribution in [0.1, 0.15) is 16.5 Å². The van der Waals surface area contributed by atoms with Crippen LogP contribution in [0.5, 0.6) is 5.75 Å². The van der Waals surface area contributed by atoms with Crippen molar-refractivity contribution >= 4 is 48.7 Å². The van der Waals surface area contributed by atoms with Gasteiger partial charge < -0.3 is 10.1 Å². The molecular weight excluding hydrogens is 354 g/mol. The monoisotopic (exact) mass is 367 g/mol. The van der Waals surface area contributed by atoms with Crippen molar-refractivity contribution in [2.24, 2.45) is 0 Å². The van der Waals surface area contributed by atoms with Crippen LogP contribution in [0.2, 0.25) is 0 Å². The maximum absolute atomic E-state index is 5.29. The van der Waals surface area contributed by atoms with E-state index in [1.165, 1.54) is 20.5 Å². The highest BCUT2D eigenvalue weighted by atomic mass is 79.9. The van der Waals surface area contributed by atoms with Crippen molar-refractivity contribution in [3.8, 4) is 5.75 Å². The lowest BCUT2D eigenvalue weighted by atomic mass is 10.0. The number of nitrogens with one attached hydrogen (secondary N) is 1. The zero-order valence-corrected chi connectivity index (χ0v) is 14.4. The van der Waals surface area contributed by atoms with Crippen LogP contribution in [-0.4, -0.2) is 14.2 Å². The highest BCUT2D eigenvalue weighted by molar-refractivity contribution is 9.10. The maximum Gasteiger partial charge on any atom is 0.129 e. The van der Waals surface area contributed by atoms with Crippen molar-refractivity contribution in [2.75, 3.05) is 14.2 Å². The van der Waals surface area contributed by atoms with Crippen molar-refractivity contribution in [3.05, 3.63) is 49.9 Å². The van der Waals surface area contributed by atoms with Crippen LogP contribution in [0.4, 0.5) is 0 Å². The molecule has 2 aromatic heterocycles. The quantitative estimate of drug-likeness (QED) is 0.696. The molecule has 1 aromatic carbocycles. The minimum Gasteiger partial charge on any atom is -0.496 e. The summed E-state index contributed by atoms with van der Waals surface area (Å²) in [6.45, 7) is 0. The van der Waals surface area contributed by atoms with Gasteiger partial charge in [-0.25, -0.2) is 0 Å². The normalized spacial score (nSPS) is 12.8. The maximum atomic E-state index is 5.29. The minimum absolute atomic E-state index is 0.201. The smallest absolute Gasteiger partial charge is 0.129 e. The van der Waals surface area contributed by atoms with Crippen molar-refractivity contribution < 1.29 is 4.74 Å². The first-order valence-corrected chi connectivity index (χ1v) is 8.75. The van der Waals surface area contributed by atoms with Crippen LogP contribution in [0.25, 0.3) is 10.1 Å². The molecule has 0 fully saturated rings. The Balaban J connectivity index is 2.09. The summed E-state index contributed by atoms with van der Waals surface area (Å²) in [6.07, 6.45) is 0. The molecule has 104 valence electrons. The SMILES string of the molecule is CNC(c1cc(OC)cs1)c1csc2c(Br)cccc12. The van der Waals surface area contributed by atoms with Gasteiger partial charge in [0.25, 0.3) is 0 Å². The summed E-state index contributed by atoms with van der Waals surface area (Å²) in [5.41, 5.74) is 1.32. The third-order valence-electron chi connectivity index (χ3n) is 3.30. The zero-order chi connectivity index (χ0) is 14.1. The highest BCUT2D eigenvalue weighted by Crippen LogP contribution is 2.39. The van der Waals surface area contributed by atoms with Crippen molar-refractivity contribution in [2.45, 2.75) is 6.04 Å². The molecule has 0 saturated heterocycles. The number of hydrogen-bond donors (Lipinski definition) is 1. The third kappa shape index (κ3) is 2.39. The van der Waals surface area contributed by atoms with E-state index in [2.05, 4.69) is 50.9 Å². The van der Waals surface area contributed by atoms with Crippen LogP contribution >= 0.6 is 38.6 Å². The van der Waals surface area contributed by atoms with Crippen LogP contribution in [0.15, 0.2) is 39.5 Å². The molecule has 20 heavy (non-hydrogen) atoms. The fourth-order valence-corrected chi connectivity index (χ4v) is 4.94. The van der Waals surface area contributed by atoms with E-state index < -0.39 is 0 Å². The fraction of sp³-hybridized carbons (Fsp3) is 0.200. The van der Waals surface area contributed by atoms with E-state index in [4.69, 9.17) is 4.74 Å². The predicted molar refractivity (Wildman–Crippen MR) is 91.3 cm³/mol. The lowest BCUT2D eigenvalue weighted by Crippen LogP contribution is -2.15. The first-order valence-electron chi connectivity index (χ1n) is 6.20. The molecule has 0 radical (unpaired) electrons. The second kappa shape index (κ2) is 5.85. The minimum atomic E-state index is 0.201. The Morgan fingerprint density at radius 2 is 2.10 bits per heavy atom. The Morgan fingerprint density at radius 3 is 2.80 bits per heavy atom. The van der Waals surface area contributed by atoms with Gasteiger partial charge in [0.15, 0.2) is 0 Å². The van der Waals surface area contributed by atoms with E-state index in [1.54, 1.807) is 29.8 Å². The van der Waals surface area contributed by atoms with Gasteiger partial charge in [0, 0.05) is 19.4 Å². The number of benzene rings is 1. The average molecular weight is 368 g/mol. The van der Waals surface area contributed by atoms with E-state index in [9.17, 15) is 0 Å². The molecule has 5 heteroatoms. The van der Waals surface area contributed by atoms with Gasteiger partial charge in [-0.15, -0.1) is 22.7 Å². The Hall–Kier alpha value is -0.880. The van der Waals surface area contributed by atoms with Crippen LogP contribution in [-0.2, 0) is 0 Å². The molecule has 2 heterocycles. The standard InChI is InChI=1S/C15H14BrNOS2/c1-17-14(13-6-9(18-2)7-19-13)11-8-20-15-10(11)4-3-5-12(15)16/h3-8,14,17H,1-2H3. The van der Waals surface area contributed by atoms with Gasteiger partial charge in [-0.3, -0.25) is 0 Å². The number of thiophene rings is 2. The van der Waals surface area contributed by atoms with Gasteiger partial charge in [0.1, 0.15) is 5.75 Å². The summed E-state index contributed by atoms with van der Waals surface area (Å²) < 4.78 is 7.75. The summed E-state index contributed by atoms with van der Waals surface area (Å²) in [4.78, 5) is 1.27. The van der Waals surface area contributed by atoms with Gasteiger partial charge in [0.2, 0.25) is 0 Å². The molecule has 0 aliphatic carbocycles. The lowest BCUT2D eigenvalue weighted by Gasteiger charge is -2.14. The highest BCUT2D eigenvalue weighted by Gasteiger charge is 2.19. The molecule has 3 aromatic rings. The van der Waals surface area contributed by atoms with Crippen LogP contribution in [0, 0.1) is 0 Å². The van der Waals surface area contributed by atoms with Crippen molar-refractivity contribution in [3.63, 3.8) is 0 Å². The summed E-state index contributed by atoms with van der Waals surface area (Å²) in [5, 5.41) is 9.00. The van der Waals surface area contributed by atoms with Gasteiger partial charge in [-0.05, 0) is 51.4 Å². The molecule has 0 bridgehead atoms. The Labute approximate surface area is 134 Å². The molecule has 0 amide bonds. The van der Waals surface area contributed by atoms with E-state index in [1.807, 2.05) is 12.4 Å². The number of ether oxygens (including phenoxy) is 1. The Kier molecular flexibility index (Phi) is 4.12. The number of methoxy groups -OCH3 is 1. The molecule has 3 rings (SSSR count). The van der Waals surface area contributed by atoms with Crippen LogP contribution < -0.4 is 10.1 Å². The summed E-state index contributed by atoms with van der Waals surface area (Å²) in [5.74, 6) is 0.922. The average Bonchev–Trinajstić information content (AvgIpc) is 3.08. The van der Waals surface area contributed by atoms with Gasteiger partial charge in [-0.1, -0.05) is 12.1 Å². The second-order valence-electron chi connectivity index (χ2n) is 4.42. The molecule has 0 aliphatic rings. The van der Waals surface area contributed by atoms with E-state index >= 15 is 0 Å². The second-order valence-corrected chi connectivity index (χ2v) is 7.09. The summed E-state index contributed by atoms with van der Waals surface area (Å²) in [7, 11) is 3.70. The Morgan fingerprint density at radius 1 is 1.25 bits per heavy atom. The van der Waals surface area contributed by atoms with E-state index in [-0.39, 0.29) is 6.04 Å². The van der Waals surface area contributed by atoms with Crippen LogP contribution in [0.3, 0.4) is 0 Å². The number of fused-ring (bicyclic) bond motifs is 1. The summed E-state index contributed by atoms with van der Waals surface area (Å²) in [6, 6.07) is 8.66. The molecule has 0 saturated carbocycles. The summed E-state index contributed by atoms with van der Waals surface area (Å²) >= 11 is 7.13. The molecule has 1 atom stereocenters. The lowest BCUT2D eigenvalue weighted by molar-refractivity contribution is 0.416. The largest absolute Gasteiger partial charge is 0.496 e. The zero-order valence-electron chi connectivity index (χ0n) is 11.1. The van der Waals surface area contributed by atoms with E-state index in [0.717, 1.165) is 10.2 Å². The third-order valence-corrected chi connectivity index (χ3v) is 6.24. The first-order chi connectivity index (χ1) is 9.74. The van der Waals surface area contributed by atoms with E-state index in [0.29, 0.717) is 0 Å². The molecule has 1 N–H and O–H groups in total. The first kappa shape index (κ1) is 14.1. The topological polar surface area (TPSA) is 21.3 Å². The van der Waals surface area contributed by atoms with Gasteiger partial charge in [0.05, 0.1) is 13.2 Å². The molecule has 1 unspecified atom stereocenters. The predicted octanol–water partition coefficient (Wildman–Crippen LogP) is 5.04. The van der Waals surface area contributed by atoms with Crippen molar-refractivity contribution in [1.82, 2.24) is 5.32 Å².